The molecule has 0 saturated carbocycles. The molecule has 35 heavy (non-hydrogen) atoms. The molecule has 4 aromatic rings. The maximum Gasteiger partial charge on any atom is 0.195 e. The molecule has 2 N–H and O–H groups in total. The van der Waals surface area contributed by atoms with Crippen molar-refractivity contribution in [2.75, 3.05) is 32.9 Å². The Labute approximate surface area is 207 Å². The highest BCUT2D eigenvalue weighted by atomic mass is 32.1. The summed E-state index contributed by atoms with van der Waals surface area (Å²) < 4.78 is 19.5. The number of nitrogens with zero attached hydrogens (tertiary/aromatic N) is 1. The number of halogens is 1. The molecule has 1 saturated heterocycles. The Kier molecular flexibility index (Phi) is 6.70. The molecule has 1 aliphatic heterocycles. The minimum absolute atomic E-state index is 0.120. The van der Waals surface area contributed by atoms with Gasteiger partial charge in [0.15, 0.2) is 5.78 Å². The van der Waals surface area contributed by atoms with Gasteiger partial charge in [-0.3, -0.25) is 14.1 Å². The minimum atomic E-state index is -0.262. The van der Waals surface area contributed by atoms with Crippen molar-refractivity contribution in [2.24, 2.45) is 5.92 Å². The number of thiophene rings is 1. The number of ether oxygens (including phenoxy) is 1. The summed E-state index contributed by atoms with van der Waals surface area (Å²) in [5.41, 5.74) is 1.93. The summed E-state index contributed by atoms with van der Waals surface area (Å²) in [5, 5.41) is 20.4. The van der Waals surface area contributed by atoms with Crippen LogP contribution in [0.3, 0.4) is 0 Å². The van der Waals surface area contributed by atoms with Gasteiger partial charge >= 0.3 is 0 Å². The van der Waals surface area contributed by atoms with Crippen molar-refractivity contribution in [2.45, 2.75) is 6.42 Å². The lowest BCUT2D eigenvalue weighted by Crippen LogP contribution is -2.26. The molecule has 2 heterocycles. The van der Waals surface area contributed by atoms with Crippen LogP contribution in [0, 0.1) is 5.92 Å². The second-order valence-electron chi connectivity index (χ2n) is 8.85. The lowest BCUT2D eigenvalue weighted by Gasteiger charge is -2.15. The van der Waals surface area contributed by atoms with Gasteiger partial charge in [-0.25, -0.2) is 0 Å². The summed E-state index contributed by atoms with van der Waals surface area (Å²) in [7, 11) is 0. The van der Waals surface area contributed by atoms with Crippen molar-refractivity contribution < 1.29 is 24.1 Å². The number of carbonyl (C=O) groups excluding carboxylic acids is 1. The van der Waals surface area contributed by atoms with Crippen LogP contribution in [0.25, 0.3) is 20.5 Å². The zero-order chi connectivity index (χ0) is 24.4. The monoisotopic (exact) mass is 491 g/mol. The molecule has 1 atom stereocenters. The molecule has 0 spiro atoms. The van der Waals surface area contributed by atoms with Gasteiger partial charge in [-0.1, -0.05) is 0 Å². The number of ketones is 1. The molecular formula is C28H26FNO4S. The highest BCUT2D eigenvalue weighted by molar-refractivity contribution is 7.22. The molecule has 0 unspecified atom stereocenters. The third kappa shape index (κ3) is 5.01. The van der Waals surface area contributed by atoms with Crippen molar-refractivity contribution >= 4 is 27.2 Å². The van der Waals surface area contributed by atoms with Gasteiger partial charge in [-0.2, -0.15) is 0 Å². The largest absolute Gasteiger partial charge is 0.508 e. The van der Waals surface area contributed by atoms with E-state index in [0.717, 1.165) is 46.6 Å². The number of carbonyl (C=O) groups is 1. The fourth-order valence-corrected chi connectivity index (χ4v) is 5.75. The van der Waals surface area contributed by atoms with Crippen LogP contribution < -0.4 is 4.74 Å². The van der Waals surface area contributed by atoms with Crippen LogP contribution in [0.5, 0.6) is 17.2 Å². The molecule has 0 radical (unpaired) electrons. The first-order valence-corrected chi connectivity index (χ1v) is 12.4. The molecule has 0 aliphatic carbocycles. The van der Waals surface area contributed by atoms with E-state index in [1.165, 1.54) is 11.3 Å². The van der Waals surface area contributed by atoms with Crippen molar-refractivity contribution in [3.8, 4) is 27.7 Å². The van der Waals surface area contributed by atoms with Gasteiger partial charge in [-0.15, -0.1) is 11.3 Å². The standard InChI is InChI=1S/C28H26FNO4S/c29-16-18-11-12-30(17-18)13-14-34-23-8-3-19(4-9-23)27(33)26-24-10-7-22(32)15-25(24)35-28(26)20-1-5-21(31)6-2-20/h1-10,15,18,31-32H,11-14,16-17H2/t18-/m0/s1. The normalized spacial score (nSPS) is 16.1. The van der Waals surface area contributed by atoms with Crippen molar-refractivity contribution in [3.63, 3.8) is 0 Å². The molecule has 7 heteroatoms. The Balaban J connectivity index is 1.36. The molecule has 5 rings (SSSR count). The average Bonchev–Trinajstić information content (AvgIpc) is 3.48. The zero-order valence-electron chi connectivity index (χ0n) is 19.1. The second-order valence-corrected chi connectivity index (χ2v) is 9.90. The number of fused-ring (bicyclic) bond motifs is 1. The second kappa shape index (κ2) is 10.1. The molecule has 0 amide bonds. The summed E-state index contributed by atoms with van der Waals surface area (Å²) in [4.78, 5) is 16.6. The third-order valence-electron chi connectivity index (χ3n) is 6.41. The Bertz CT molecular complexity index is 1330. The number of rotatable bonds is 8. The average molecular weight is 492 g/mol. The van der Waals surface area contributed by atoms with E-state index in [9.17, 15) is 19.4 Å². The highest BCUT2D eigenvalue weighted by Crippen LogP contribution is 2.41. The Morgan fingerprint density at radius 1 is 1.03 bits per heavy atom. The molecular weight excluding hydrogens is 465 g/mol. The number of alkyl halides is 1. The van der Waals surface area contributed by atoms with Crippen LogP contribution in [-0.2, 0) is 0 Å². The van der Waals surface area contributed by atoms with Gasteiger partial charge in [-0.05, 0) is 85.3 Å². The number of benzene rings is 3. The number of hydrogen-bond donors (Lipinski definition) is 2. The number of hydrogen-bond acceptors (Lipinski definition) is 6. The predicted molar refractivity (Wildman–Crippen MR) is 136 cm³/mol. The number of phenols is 2. The van der Waals surface area contributed by atoms with Gasteiger partial charge in [0.1, 0.15) is 23.9 Å². The fourth-order valence-electron chi connectivity index (χ4n) is 4.51. The zero-order valence-corrected chi connectivity index (χ0v) is 19.9. The lowest BCUT2D eigenvalue weighted by molar-refractivity contribution is 0.104. The quantitative estimate of drug-likeness (QED) is 0.301. The first kappa shape index (κ1) is 23.3. The van der Waals surface area contributed by atoms with Gasteiger partial charge in [0.05, 0.1) is 6.67 Å². The van der Waals surface area contributed by atoms with E-state index in [1.807, 2.05) is 0 Å². The molecule has 1 aromatic heterocycles. The summed E-state index contributed by atoms with van der Waals surface area (Å²) in [5.74, 6) is 1.00. The lowest BCUT2D eigenvalue weighted by atomic mass is 9.97. The Hall–Kier alpha value is -3.42. The highest BCUT2D eigenvalue weighted by Gasteiger charge is 2.23. The van der Waals surface area contributed by atoms with E-state index < -0.39 is 0 Å². The number of likely N-dealkylation sites (tertiary alicyclic amines) is 1. The van der Waals surface area contributed by atoms with Crippen LogP contribution in [0.4, 0.5) is 4.39 Å². The van der Waals surface area contributed by atoms with E-state index in [2.05, 4.69) is 4.90 Å². The van der Waals surface area contributed by atoms with Crippen LogP contribution >= 0.6 is 11.3 Å². The Morgan fingerprint density at radius 3 is 2.49 bits per heavy atom. The molecule has 3 aromatic carbocycles. The van der Waals surface area contributed by atoms with E-state index in [-0.39, 0.29) is 29.9 Å². The van der Waals surface area contributed by atoms with Gasteiger partial charge in [0, 0.05) is 45.1 Å². The predicted octanol–water partition coefficient (Wildman–Crippen LogP) is 5.88. The molecule has 0 bridgehead atoms. The Morgan fingerprint density at radius 2 is 1.77 bits per heavy atom. The van der Waals surface area contributed by atoms with Gasteiger partial charge < -0.3 is 14.9 Å². The van der Waals surface area contributed by atoms with Crippen LogP contribution in [0.15, 0.2) is 66.7 Å². The number of phenolic OH excluding ortho intramolecular Hbond substituents is 2. The first-order chi connectivity index (χ1) is 17.0. The van der Waals surface area contributed by atoms with Crippen molar-refractivity contribution in [3.05, 3.63) is 77.9 Å². The van der Waals surface area contributed by atoms with Gasteiger partial charge in [0.2, 0.25) is 0 Å². The van der Waals surface area contributed by atoms with E-state index in [0.29, 0.717) is 23.5 Å². The molecule has 1 aliphatic rings. The van der Waals surface area contributed by atoms with Crippen molar-refractivity contribution in [1.82, 2.24) is 4.90 Å². The first-order valence-electron chi connectivity index (χ1n) is 11.6. The van der Waals surface area contributed by atoms with E-state index >= 15 is 0 Å². The smallest absolute Gasteiger partial charge is 0.195 e. The molecule has 180 valence electrons. The van der Waals surface area contributed by atoms with Crippen molar-refractivity contribution in [1.29, 1.82) is 0 Å². The maximum atomic E-state index is 13.6. The fraction of sp³-hybridized carbons (Fsp3) is 0.250. The summed E-state index contributed by atoms with van der Waals surface area (Å²) >= 11 is 1.43. The van der Waals surface area contributed by atoms with Crippen LogP contribution in [0.2, 0.25) is 0 Å². The third-order valence-corrected chi connectivity index (χ3v) is 7.61. The molecule has 5 nitrogen and oxygen atoms in total. The van der Waals surface area contributed by atoms with Crippen LogP contribution in [-0.4, -0.2) is 53.8 Å². The summed E-state index contributed by atoms with van der Waals surface area (Å²) in [6.07, 6.45) is 0.899. The maximum absolute atomic E-state index is 13.6. The summed E-state index contributed by atoms with van der Waals surface area (Å²) in [6.45, 7) is 2.68. The SMILES string of the molecule is O=C(c1ccc(OCCN2CC[C@@H](CF)C2)cc1)c1c(-c2ccc(O)cc2)sc2cc(O)ccc12. The van der Waals surface area contributed by atoms with E-state index in [1.54, 1.807) is 66.7 Å². The molecule has 1 fully saturated rings. The van der Waals surface area contributed by atoms with Crippen LogP contribution in [0.1, 0.15) is 22.3 Å². The summed E-state index contributed by atoms with van der Waals surface area (Å²) in [6, 6.07) is 18.9. The topological polar surface area (TPSA) is 70.0 Å². The number of aromatic hydroxyl groups is 2. The minimum Gasteiger partial charge on any atom is -0.508 e. The van der Waals surface area contributed by atoms with Gasteiger partial charge in [0.25, 0.3) is 0 Å². The van der Waals surface area contributed by atoms with E-state index in [4.69, 9.17) is 4.74 Å².